The summed E-state index contributed by atoms with van der Waals surface area (Å²) < 4.78 is 12.7. The van der Waals surface area contributed by atoms with Crippen LogP contribution in [0.5, 0.6) is 0 Å². The Labute approximate surface area is 145 Å². The van der Waals surface area contributed by atoms with Crippen molar-refractivity contribution in [3.05, 3.63) is 64.7 Å². The van der Waals surface area contributed by atoms with Crippen molar-refractivity contribution < 1.29 is 4.39 Å². The number of aryl methyl sites for hydroxylation is 1. The lowest BCUT2D eigenvalue weighted by atomic mass is 9.96. The fourth-order valence-electron chi connectivity index (χ4n) is 3.10. The number of rotatable bonds is 7. The molecule has 1 heterocycles. The molecule has 2 N–H and O–H groups in total. The van der Waals surface area contributed by atoms with E-state index in [0.29, 0.717) is 12.9 Å². The standard InChI is InChI=1S/C21H29FN2/c1-4-6-16(2)8-11-20(12-13-22)24-15-19-10-9-18-7-5-14-23-21(18)17(19)3/h8-13,23-24H,4-7,14-15H2,1-3H3/b13-12+,16-8+,20-11+. The molecule has 0 aromatic heterocycles. The number of halogens is 1. The molecule has 1 aromatic rings. The zero-order valence-corrected chi connectivity index (χ0v) is 15.1. The van der Waals surface area contributed by atoms with Gasteiger partial charge in [-0.1, -0.05) is 37.1 Å². The lowest BCUT2D eigenvalue weighted by Crippen LogP contribution is -2.16. The van der Waals surface area contributed by atoms with E-state index < -0.39 is 0 Å². The van der Waals surface area contributed by atoms with E-state index >= 15 is 0 Å². The van der Waals surface area contributed by atoms with Crippen LogP contribution in [-0.4, -0.2) is 6.54 Å². The lowest BCUT2D eigenvalue weighted by molar-refractivity contribution is 0.714. The minimum absolute atomic E-state index is 0.586. The van der Waals surface area contributed by atoms with Crippen molar-refractivity contribution in [2.24, 2.45) is 0 Å². The summed E-state index contributed by atoms with van der Waals surface area (Å²) in [5.41, 5.74) is 7.32. The summed E-state index contributed by atoms with van der Waals surface area (Å²) in [6.07, 6.45) is 10.6. The molecule has 0 aliphatic carbocycles. The third-order valence-corrected chi connectivity index (χ3v) is 4.51. The summed E-state index contributed by atoms with van der Waals surface area (Å²) in [7, 11) is 0. The van der Waals surface area contributed by atoms with E-state index in [-0.39, 0.29) is 0 Å². The maximum atomic E-state index is 12.7. The Morgan fingerprint density at radius 2 is 2.17 bits per heavy atom. The summed E-state index contributed by atoms with van der Waals surface area (Å²) in [5, 5.41) is 6.86. The first-order valence-corrected chi connectivity index (χ1v) is 8.89. The monoisotopic (exact) mass is 328 g/mol. The van der Waals surface area contributed by atoms with E-state index in [2.05, 4.69) is 49.6 Å². The molecule has 0 spiro atoms. The molecule has 130 valence electrons. The highest BCUT2D eigenvalue weighted by Gasteiger charge is 2.13. The third kappa shape index (κ3) is 4.98. The van der Waals surface area contributed by atoms with E-state index in [4.69, 9.17) is 0 Å². The second-order valence-corrected chi connectivity index (χ2v) is 6.45. The molecule has 1 aliphatic heterocycles. The molecule has 2 rings (SSSR count). The van der Waals surface area contributed by atoms with Gasteiger partial charge in [0.2, 0.25) is 0 Å². The van der Waals surface area contributed by atoms with Crippen LogP contribution >= 0.6 is 0 Å². The van der Waals surface area contributed by atoms with Gasteiger partial charge in [0, 0.05) is 24.5 Å². The second kappa shape index (κ2) is 9.31. The number of fused-ring (bicyclic) bond motifs is 1. The van der Waals surface area contributed by atoms with Gasteiger partial charge in [-0.3, -0.25) is 0 Å². The highest BCUT2D eigenvalue weighted by Crippen LogP contribution is 2.28. The molecular weight excluding hydrogens is 299 g/mol. The van der Waals surface area contributed by atoms with Gasteiger partial charge in [-0.2, -0.15) is 0 Å². The molecule has 1 aromatic carbocycles. The van der Waals surface area contributed by atoms with Crippen LogP contribution in [-0.2, 0) is 13.0 Å². The number of hydrogen-bond donors (Lipinski definition) is 2. The summed E-state index contributed by atoms with van der Waals surface area (Å²) in [6.45, 7) is 8.16. The number of nitrogens with one attached hydrogen (secondary N) is 2. The normalized spacial score (nSPS) is 15.3. The topological polar surface area (TPSA) is 24.1 Å². The average molecular weight is 328 g/mol. The van der Waals surface area contributed by atoms with Crippen LogP contribution < -0.4 is 10.6 Å². The van der Waals surface area contributed by atoms with Gasteiger partial charge in [0.25, 0.3) is 0 Å². The Balaban J connectivity index is 2.09. The largest absolute Gasteiger partial charge is 0.385 e. The molecule has 1 aliphatic rings. The summed E-state index contributed by atoms with van der Waals surface area (Å²) in [5.74, 6) is 0. The van der Waals surface area contributed by atoms with E-state index in [1.807, 2.05) is 6.08 Å². The molecule has 0 saturated heterocycles. The molecule has 2 nitrogen and oxygen atoms in total. The Morgan fingerprint density at radius 1 is 1.33 bits per heavy atom. The van der Waals surface area contributed by atoms with Crippen molar-refractivity contribution in [3.63, 3.8) is 0 Å². The van der Waals surface area contributed by atoms with Gasteiger partial charge < -0.3 is 10.6 Å². The summed E-state index contributed by atoms with van der Waals surface area (Å²) in [4.78, 5) is 0. The van der Waals surface area contributed by atoms with Crippen molar-refractivity contribution in [2.45, 2.75) is 53.0 Å². The number of hydrogen-bond acceptors (Lipinski definition) is 2. The first-order chi connectivity index (χ1) is 11.7. The Kier molecular flexibility index (Phi) is 7.10. The summed E-state index contributed by atoms with van der Waals surface area (Å²) in [6, 6.07) is 4.40. The quantitative estimate of drug-likeness (QED) is 0.641. The first-order valence-electron chi connectivity index (χ1n) is 8.89. The molecular formula is C21H29FN2. The second-order valence-electron chi connectivity index (χ2n) is 6.45. The van der Waals surface area contributed by atoms with Crippen molar-refractivity contribution in [2.75, 3.05) is 11.9 Å². The first kappa shape index (κ1) is 18.3. The van der Waals surface area contributed by atoms with Gasteiger partial charge in [-0.05, 0) is 62.0 Å². The fourth-order valence-corrected chi connectivity index (χ4v) is 3.10. The maximum absolute atomic E-state index is 12.7. The van der Waals surface area contributed by atoms with Gasteiger partial charge in [-0.25, -0.2) is 4.39 Å². The van der Waals surface area contributed by atoms with Crippen LogP contribution in [0.1, 0.15) is 49.8 Å². The van der Waals surface area contributed by atoms with Crippen molar-refractivity contribution >= 4 is 5.69 Å². The maximum Gasteiger partial charge on any atom is 0.0887 e. The molecule has 0 atom stereocenters. The SMILES string of the molecule is CCC/C(C)=C/C=C(\C=C\F)NCc1ccc2c(c1C)NCCC2. The zero-order valence-electron chi connectivity index (χ0n) is 15.1. The number of anilines is 1. The smallest absolute Gasteiger partial charge is 0.0887 e. The molecule has 0 radical (unpaired) electrons. The van der Waals surface area contributed by atoms with Gasteiger partial charge in [0.15, 0.2) is 0 Å². The average Bonchev–Trinajstić information content (AvgIpc) is 2.59. The molecule has 3 heteroatoms. The zero-order chi connectivity index (χ0) is 17.4. The minimum Gasteiger partial charge on any atom is -0.385 e. The van der Waals surface area contributed by atoms with Crippen molar-refractivity contribution in [1.29, 1.82) is 0 Å². The highest BCUT2D eigenvalue weighted by molar-refractivity contribution is 5.61. The van der Waals surface area contributed by atoms with Crippen molar-refractivity contribution in [3.8, 4) is 0 Å². The Hall–Kier alpha value is -2.03. The van der Waals surface area contributed by atoms with E-state index in [0.717, 1.165) is 31.5 Å². The van der Waals surface area contributed by atoms with Crippen LogP contribution in [0.2, 0.25) is 0 Å². The predicted octanol–water partition coefficient (Wildman–Crippen LogP) is 5.56. The van der Waals surface area contributed by atoms with E-state index in [1.54, 1.807) is 0 Å². The van der Waals surface area contributed by atoms with E-state index in [9.17, 15) is 4.39 Å². The highest BCUT2D eigenvalue weighted by atomic mass is 19.1. The molecule has 24 heavy (non-hydrogen) atoms. The molecule has 0 fully saturated rings. The molecule has 0 amide bonds. The van der Waals surface area contributed by atoms with Gasteiger partial charge in [0.1, 0.15) is 0 Å². The van der Waals surface area contributed by atoms with Crippen molar-refractivity contribution in [1.82, 2.24) is 5.32 Å². The van der Waals surface area contributed by atoms with Crippen LogP contribution in [0.4, 0.5) is 10.1 Å². The number of benzene rings is 1. The predicted molar refractivity (Wildman–Crippen MR) is 102 cm³/mol. The van der Waals surface area contributed by atoms with Crippen LogP contribution in [0.25, 0.3) is 0 Å². The Bertz CT molecular complexity index is 641. The van der Waals surface area contributed by atoms with E-state index in [1.165, 1.54) is 40.4 Å². The fraction of sp³-hybridized carbons (Fsp3) is 0.429. The minimum atomic E-state index is 0.586. The van der Waals surface area contributed by atoms with Gasteiger partial charge >= 0.3 is 0 Å². The lowest BCUT2D eigenvalue weighted by Gasteiger charge is -2.22. The summed E-state index contributed by atoms with van der Waals surface area (Å²) >= 11 is 0. The van der Waals surface area contributed by atoms with Gasteiger partial charge in [-0.15, -0.1) is 0 Å². The molecule has 0 saturated carbocycles. The third-order valence-electron chi connectivity index (χ3n) is 4.51. The van der Waals surface area contributed by atoms with Gasteiger partial charge in [0.05, 0.1) is 6.33 Å². The van der Waals surface area contributed by atoms with Crippen LogP contribution in [0.3, 0.4) is 0 Å². The molecule has 0 bridgehead atoms. The van der Waals surface area contributed by atoms with Crippen LogP contribution in [0.15, 0.2) is 48.0 Å². The van der Waals surface area contributed by atoms with Crippen LogP contribution in [0, 0.1) is 6.92 Å². The Morgan fingerprint density at radius 3 is 2.92 bits per heavy atom. The number of allylic oxidation sites excluding steroid dienone is 4. The molecule has 0 unspecified atom stereocenters.